The second-order valence-corrected chi connectivity index (χ2v) is 13.6. The van der Waals surface area contributed by atoms with E-state index in [-0.39, 0.29) is 17.0 Å². The molecule has 0 aromatic heterocycles. The van der Waals surface area contributed by atoms with Gasteiger partial charge in [-0.05, 0) is 86.4 Å². The molecule has 11 atom stereocenters. The van der Waals surface area contributed by atoms with Crippen LogP contribution >= 0.6 is 31.9 Å². The molecular formula is C25H38Br2O3. The van der Waals surface area contributed by atoms with Crippen LogP contribution in [0, 0.1) is 40.4 Å². The van der Waals surface area contributed by atoms with Crippen molar-refractivity contribution >= 4 is 37.8 Å². The van der Waals surface area contributed by atoms with E-state index in [0.29, 0.717) is 51.3 Å². The Labute approximate surface area is 199 Å². The van der Waals surface area contributed by atoms with E-state index in [2.05, 4.69) is 52.6 Å². The van der Waals surface area contributed by atoms with Crippen LogP contribution in [0.25, 0.3) is 0 Å². The van der Waals surface area contributed by atoms with E-state index >= 15 is 0 Å². The Morgan fingerprint density at radius 3 is 2.57 bits per heavy atom. The highest BCUT2D eigenvalue weighted by Gasteiger charge is 2.76. The first kappa shape index (κ1) is 22.2. The zero-order valence-corrected chi connectivity index (χ0v) is 22.1. The Morgan fingerprint density at radius 1 is 1.10 bits per heavy atom. The van der Waals surface area contributed by atoms with Crippen molar-refractivity contribution < 1.29 is 14.3 Å². The number of alkyl halides is 2. The molecule has 0 N–H and O–H groups in total. The topological polar surface area (TPSA) is 35.5 Å². The van der Waals surface area contributed by atoms with Gasteiger partial charge in [-0.25, -0.2) is 0 Å². The number of halogens is 2. The van der Waals surface area contributed by atoms with Crippen molar-refractivity contribution in [1.82, 2.24) is 0 Å². The van der Waals surface area contributed by atoms with Crippen molar-refractivity contribution in [2.75, 3.05) is 7.11 Å². The fourth-order valence-electron chi connectivity index (χ4n) is 9.40. The van der Waals surface area contributed by atoms with Crippen LogP contribution in [0.4, 0.5) is 0 Å². The van der Waals surface area contributed by atoms with Crippen LogP contribution in [0.15, 0.2) is 0 Å². The van der Waals surface area contributed by atoms with Gasteiger partial charge >= 0.3 is 5.97 Å². The average Bonchev–Trinajstić information content (AvgIpc) is 3.08. The maximum Gasteiger partial charge on any atom is 0.305 e. The molecule has 2 heterocycles. The number of carbonyl (C=O) groups is 1. The highest BCUT2D eigenvalue weighted by atomic mass is 79.9. The summed E-state index contributed by atoms with van der Waals surface area (Å²) in [7, 11) is 1.50. The van der Waals surface area contributed by atoms with Crippen molar-refractivity contribution in [3.05, 3.63) is 0 Å². The smallest absolute Gasteiger partial charge is 0.305 e. The van der Waals surface area contributed by atoms with Crippen molar-refractivity contribution in [2.24, 2.45) is 40.4 Å². The number of methoxy groups -OCH3 is 1. The Kier molecular flexibility index (Phi) is 5.51. The number of rotatable bonds is 4. The maximum atomic E-state index is 11.8. The molecule has 4 saturated carbocycles. The standard InChI is InChI=1S/C25H38Br2O3/c1-14(5-10-20(28)29-4)17-8-9-18-19-7-6-15-13-16-11-12-23(15,2)25(19,30-16)22(27)21(26)24(17,18)3/h14-19,21-22H,5-13H2,1-4H3/t14-,15-,16-,17+,18-,19-,21-,22-,23-,24+,25-/m0/s1. The number of carbonyl (C=O) groups excluding carboxylic acids is 1. The third-order valence-corrected chi connectivity index (χ3v) is 14.4. The van der Waals surface area contributed by atoms with Crippen LogP contribution in [0.1, 0.15) is 78.6 Å². The molecule has 3 nitrogen and oxygen atoms in total. The van der Waals surface area contributed by atoms with Crippen LogP contribution in [-0.2, 0) is 14.3 Å². The number of fused-ring (bicyclic) bond motifs is 3. The van der Waals surface area contributed by atoms with Gasteiger partial charge in [-0.3, -0.25) is 4.79 Å². The van der Waals surface area contributed by atoms with Gasteiger partial charge in [0.25, 0.3) is 0 Å². The SMILES string of the molecule is COC(=O)CC[C@H](C)[C@H]1CC[C@H]2[C@@H]3CC[C@H]4C[C@@H]5CC[C@]4(C)[C@@]3(O5)[C@@H](Br)[C@H](Br)[C@]12C. The minimum atomic E-state index is -0.0733. The van der Waals surface area contributed by atoms with E-state index in [0.717, 1.165) is 12.3 Å². The van der Waals surface area contributed by atoms with E-state index in [1.807, 2.05) is 0 Å². The van der Waals surface area contributed by atoms with Gasteiger partial charge in [0.2, 0.25) is 0 Å². The lowest BCUT2D eigenvalue weighted by atomic mass is 9.40. The summed E-state index contributed by atoms with van der Waals surface area (Å²) in [5, 5.41) is 0. The number of hydrogen-bond acceptors (Lipinski definition) is 3. The minimum absolute atomic E-state index is 0.0143. The predicted molar refractivity (Wildman–Crippen MR) is 126 cm³/mol. The molecule has 6 fully saturated rings. The summed E-state index contributed by atoms with van der Waals surface area (Å²) in [5.74, 6) is 3.29. The average molecular weight is 546 g/mol. The molecule has 2 saturated heterocycles. The minimum Gasteiger partial charge on any atom is -0.469 e. The van der Waals surface area contributed by atoms with Gasteiger partial charge in [0, 0.05) is 16.7 Å². The Morgan fingerprint density at radius 2 is 1.83 bits per heavy atom. The van der Waals surface area contributed by atoms with E-state index in [1.54, 1.807) is 0 Å². The molecular weight excluding hydrogens is 508 g/mol. The summed E-state index contributed by atoms with van der Waals surface area (Å²) in [6.07, 6.45) is 11.1. The Balaban J connectivity index is 1.48. The third kappa shape index (κ3) is 2.67. The molecule has 1 spiro atoms. The van der Waals surface area contributed by atoms with E-state index < -0.39 is 0 Å². The molecule has 5 heteroatoms. The summed E-state index contributed by atoms with van der Waals surface area (Å²) < 4.78 is 12.1. The van der Waals surface area contributed by atoms with Gasteiger partial charge in [0.15, 0.2) is 0 Å². The highest BCUT2D eigenvalue weighted by molar-refractivity contribution is 9.12. The molecule has 6 rings (SSSR count). The third-order valence-electron chi connectivity index (χ3n) is 10.9. The first-order valence-corrected chi connectivity index (χ1v) is 14.1. The van der Waals surface area contributed by atoms with Crippen LogP contribution in [0.5, 0.6) is 0 Å². The number of hydrogen-bond donors (Lipinski definition) is 0. The number of ether oxygens (including phenoxy) is 2. The predicted octanol–water partition coefficient (Wildman–Crippen LogP) is 6.50. The molecule has 0 aromatic rings. The van der Waals surface area contributed by atoms with Crippen molar-refractivity contribution in [2.45, 2.75) is 99.9 Å². The number of esters is 1. The molecule has 0 radical (unpaired) electrons. The Hall–Kier alpha value is 0.390. The van der Waals surface area contributed by atoms with Crippen LogP contribution in [0.3, 0.4) is 0 Å². The molecule has 2 aliphatic heterocycles. The molecule has 0 unspecified atom stereocenters. The van der Waals surface area contributed by atoms with E-state index in [1.165, 1.54) is 52.1 Å². The van der Waals surface area contributed by atoms with Crippen molar-refractivity contribution in [3.8, 4) is 0 Å². The van der Waals surface area contributed by atoms with Crippen LogP contribution in [-0.4, -0.2) is 34.4 Å². The monoisotopic (exact) mass is 544 g/mol. The van der Waals surface area contributed by atoms with Crippen molar-refractivity contribution in [3.63, 3.8) is 0 Å². The Bertz CT molecular complexity index is 715. The van der Waals surface area contributed by atoms with Gasteiger partial charge < -0.3 is 9.47 Å². The lowest BCUT2D eigenvalue weighted by Crippen LogP contribution is -2.77. The van der Waals surface area contributed by atoms with Gasteiger partial charge in [-0.15, -0.1) is 0 Å². The zero-order chi connectivity index (χ0) is 21.5. The second kappa shape index (κ2) is 7.45. The van der Waals surface area contributed by atoms with Gasteiger partial charge in [0.1, 0.15) is 0 Å². The van der Waals surface area contributed by atoms with Crippen LogP contribution in [0.2, 0.25) is 0 Å². The molecule has 170 valence electrons. The van der Waals surface area contributed by atoms with E-state index in [9.17, 15) is 4.79 Å². The zero-order valence-electron chi connectivity index (χ0n) is 19.0. The summed E-state index contributed by atoms with van der Waals surface area (Å²) in [4.78, 5) is 12.5. The van der Waals surface area contributed by atoms with E-state index in [4.69, 9.17) is 9.47 Å². The summed E-state index contributed by atoms with van der Waals surface area (Å²) in [6, 6.07) is 0. The second-order valence-electron chi connectivity index (χ2n) is 11.7. The quantitative estimate of drug-likeness (QED) is 0.298. The largest absolute Gasteiger partial charge is 0.469 e. The highest BCUT2D eigenvalue weighted by Crippen LogP contribution is 2.75. The van der Waals surface area contributed by atoms with Gasteiger partial charge in [-0.2, -0.15) is 0 Å². The van der Waals surface area contributed by atoms with Crippen LogP contribution < -0.4 is 0 Å². The first-order chi connectivity index (χ1) is 14.2. The maximum absolute atomic E-state index is 11.8. The first-order valence-electron chi connectivity index (χ1n) is 12.2. The molecule has 4 aliphatic carbocycles. The molecule has 6 aliphatic rings. The summed E-state index contributed by atoms with van der Waals surface area (Å²) >= 11 is 8.57. The molecule has 30 heavy (non-hydrogen) atoms. The lowest BCUT2D eigenvalue weighted by molar-refractivity contribution is -0.325. The fraction of sp³-hybridized carbons (Fsp3) is 0.960. The lowest BCUT2D eigenvalue weighted by Gasteiger charge is -2.74. The normalized spacial score (nSPS) is 54.9. The molecule has 4 bridgehead atoms. The summed E-state index contributed by atoms with van der Waals surface area (Å²) in [5.41, 5.74) is 0.531. The fourth-order valence-corrected chi connectivity index (χ4v) is 12.0. The van der Waals surface area contributed by atoms with Gasteiger partial charge in [-0.1, -0.05) is 52.6 Å². The van der Waals surface area contributed by atoms with Gasteiger partial charge in [0.05, 0.1) is 23.6 Å². The molecule has 0 aromatic carbocycles. The van der Waals surface area contributed by atoms with Crippen molar-refractivity contribution in [1.29, 1.82) is 0 Å². The summed E-state index contributed by atoms with van der Waals surface area (Å²) in [6.45, 7) is 7.49. The molecule has 0 amide bonds.